The number of piperazine rings is 1. The fraction of sp³-hybridized carbons (Fsp3) is 0.867. The molecule has 4 nitrogen and oxygen atoms in total. The molecule has 1 N–H and O–H groups in total. The molecular formula is C15H24N2O2. The van der Waals surface area contributed by atoms with Gasteiger partial charge in [0.15, 0.2) is 0 Å². The number of hydrogen-bond donors (Lipinski definition) is 1. The Morgan fingerprint density at radius 3 is 2.58 bits per heavy atom. The van der Waals surface area contributed by atoms with Gasteiger partial charge in [0.1, 0.15) is 5.54 Å². The van der Waals surface area contributed by atoms with E-state index in [1.807, 2.05) is 4.90 Å². The maximum absolute atomic E-state index is 12.7. The molecule has 0 aromatic carbocycles. The van der Waals surface area contributed by atoms with E-state index in [0.29, 0.717) is 11.8 Å². The molecule has 0 radical (unpaired) electrons. The average Bonchev–Trinajstić information content (AvgIpc) is 2.97. The Morgan fingerprint density at radius 2 is 1.95 bits per heavy atom. The summed E-state index contributed by atoms with van der Waals surface area (Å²) in [5, 5.41) is 2.98. The van der Waals surface area contributed by atoms with E-state index in [4.69, 9.17) is 0 Å². The molecule has 2 saturated carbocycles. The maximum Gasteiger partial charge on any atom is 0.248 e. The standard InChI is InChI=1S/C15H24N2O2/c1-11-5-4-6-12(11)9-17-10-13(18)16-15(14(17)19)7-2-3-8-15/h11-12H,2-10H2,1H3,(H,16,18). The zero-order valence-electron chi connectivity index (χ0n) is 11.8. The molecule has 0 aromatic heterocycles. The second-order valence-electron chi connectivity index (χ2n) is 6.69. The summed E-state index contributed by atoms with van der Waals surface area (Å²) in [5.74, 6) is 1.50. The predicted octanol–water partition coefficient (Wildman–Crippen LogP) is 1.69. The molecule has 106 valence electrons. The highest BCUT2D eigenvalue weighted by Crippen LogP contribution is 2.36. The van der Waals surface area contributed by atoms with Gasteiger partial charge in [-0.2, -0.15) is 0 Å². The van der Waals surface area contributed by atoms with Crippen molar-refractivity contribution in [2.75, 3.05) is 13.1 Å². The number of nitrogens with zero attached hydrogens (tertiary/aromatic N) is 1. The van der Waals surface area contributed by atoms with Crippen LogP contribution in [0.15, 0.2) is 0 Å². The quantitative estimate of drug-likeness (QED) is 0.825. The molecule has 2 atom stereocenters. The molecular weight excluding hydrogens is 240 g/mol. The van der Waals surface area contributed by atoms with Crippen LogP contribution in [0.5, 0.6) is 0 Å². The second-order valence-corrected chi connectivity index (χ2v) is 6.69. The first kappa shape index (κ1) is 12.9. The summed E-state index contributed by atoms with van der Waals surface area (Å²) < 4.78 is 0. The first-order valence-corrected chi connectivity index (χ1v) is 7.71. The van der Waals surface area contributed by atoms with Crippen LogP contribution in [0.2, 0.25) is 0 Å². The molecule has 4 heteroatoms. The summed E-state index contributed by atoms with van der Waals surface area (Å²) in [6.07, 6.45) is 7.51. The molecule has 1 heterocycles. The van der Waals surface area contributed by atoms with E-state index in [9.17, 15) is 9.59 Å². The summed E-state index contributed by atoms with van der Waals surface area (Å²) in [6.45, 7) is 3.33. The highest BCUT2D eigenvalue weighted by atomic mass is 16.2. The minimum Gasteiger partial charge on any atom is -0.340 e. The van der Waals surface area contributed by atoms with Crippen LogP contribution in [-0.4, -0.2) is 35.3 Å². The summed E-state index contributed by atoms with van der Waals surface area (Å²) in [7, 11) is 0. The SMILES string of the molecule is CC1CCCC1CN1CC(=O)NC2(CCCC2)C1=O. The first-order valence-electron chi connectivity index (χ1n) is 7.71. The molecule has 3 aliphatic rings. The van der Waals surface area contributed by atoms with Gasteiger partial charge in [0.25, 0.3) is 0 Å². The van der Waals surface area contributed by atoms with Gasteiger partial charge in [0.2, 0.25) is 11.8 Å². The minimum atomic E-state index is -0.544. The van der Waals surface area contributed by atoms with Gasteiger partial charge < -0.3 is 10.2 Å². The molecule has 3 rings (SSSR count). The summed E-state index contributed by atoms with van der Waals surface area (Å²) >= 11 is 0. The van der Waals surface area contributed by atoms with Crippen LogP contribution in [-0.2, 0) is 9.59 Å². The number of nitrogens with one attached hydrogen (secondary N) is 1. The predicted molar refractivity (Wildman–Crippen MR) is 72.4 cm³/mol. The number of hydrogen-bond acceptors (Lipinski definition) is 2. The van der Waals surface area contributed by atoms with Gasteiger partial charge in [-0.3, -0.25) is 9.59 Å². The van der Waals surface area contributed by atoms with Crippen LogP contribution in [0.3, 0.4) is 0 Å². The third-order valence-electron chi connectivity index (χ3n) is 5.36. The largest absolute Gasteiger partial charge is 0.340 e. The Morgan fingerprint density at radius 1 is 1.21 bits per heavy atom. The van der Waals surface area contributed by atoms with Gasteiger partial charge in [-0.15, -0.1) is 0 Å². The van der Waals surface area contributed by atoms with Crippen molar-refractivity contribution in [3.05, 3.63) is 0 Å². The highest BCUT2D eigenvalue weighted by Gasteiger charge is 2.48. The van der Waals surface area contributed by atoms with Gasteiger partial charge in [0.05, 0.1) is 6.54 Å². The van der Waals surface area contributed by atoms with E-state index in [1.54, 1.807) is 0 Å². The molecule has 0 aromatic rings. The van der Waals surface area contributed by atoms with Crippen molar-refractivity contribution in [1.29, 1.82) is 0 Å². The van der Waals surface area contributed by atoms with Gasteiger partial charge in [-0.05, 0) is 31.1 Å². The number of amides is 2. The van der Waals surface area contributed by atoms with Gasteiger partial charge in [0, 0.05) is 6.54 Å². The normalized spacial score (nSPS) is 34.1. The number of carbonyl (C=O) groups is 2. The lowest BCUT2D eigenvalue weighted by atomic mass is 9.91. The average molecular weight is 264 g/mol. The lowest BCUT2D eigenvalue weighted by molar-refractivity contribution is -0.150. The highest BCUT2D eigenvalue weighted by molar-refractivity contribution is 5.98. The Hall–Kier alpha value is -1.06. The second kappa shape index (κ2) is 4.80. The minimum absolute atomic E-state index is 0.0344. The lowest BCUT2D eigenvalue weighted by Gasteiger charge is -2.41. The molecule has 1 saturated heterocycles. The fourth-order valence-corrected chi connectivity index (χ4v) is 4.15. The fourth-order valence-electron chi connectivity index (χ4n) is 4.15. The zero-order chi connectivity index (χ0) is 13.5. The molecule has 2 amide bonds. The van der Waals surface area contributed by atoms with Crippen molar-refractivity contribution in [3.63, 3.8) is 0 Å². The smallest absolute Gasteiger partial charge is 0.248 e. The Labute approximate surface area is 114 Å². The Bertz CT molecular complexity index is 388. The van der Waals surface area contributed by atoms with E-state index in [1.165, 1.54) is 19.3 Å². The van der Waals surface area contributed by atoms with Crippen molar-refractivity contribution >= 4 is 11.8 Å². The first-order chi connectivity index (χ1) is 9.11. The van der Waals surface area contributed by atoms with E-state index in [2.05, 4.69) is 12.2 Å². The van der Waals surface area contributed by atoms with Crippen LogP contribution in [0, 0.1) is 11.8 Å². The maximum atomic E-state index is 12.7. The monoisotopic (exact) mass is 264 g/mol. The van der Waals surface area contributed by atoms with Gasteiger partial charge >= 0.3 is 0 Å². The van der Waals surface area contributed by atoms with Crippen molar-refractivity contribution < 1.29 is 9.59 Å². The number of carbonyl (C=O) groups excluding carboxylic acids is 2. The Kier molecular flexibility index (Phi) is 3.27. The van der Waals surface area contributed by atoms with E-state index >= 15 is 0 Å². The van der Waals surface area contributed by atoms with Crippen molar-refractivity contribution in [2.24, 2.45) is 11.8 Å². The molecule has 1 spiro atoms. The summed E-state index contributed by atoms with van der Waals surface area (Å²) in [6, 6.07) is 0. The third kappa shape index (κ3) is 2.26. The Balaban J connectivity index is 1.73. The number of rotatable bonds is 2. The molecule has 0 bridgehead atoms. The molecule has 2 aliphatic carbocycles. The van der Waals surface area contributed by atoms with Crippen LogP contribution < -0.4 is 5.32 Å². The van der Waals surface area contributed by atoms with E-state index < -0.39 is 5.54 Å². The van der Waals surface area contributed by atoms with Crippen molar-refractivity contribution in [2.45, 2.75) is 57.4 Å². The van der Waals surface area contributed by atoms with Gasteiger partial charge in [-0.1, -0.05) is 32.6 Å². The van der Waals surface area contributed by atoms with E-state index in [-0.39, 0.29) is 18.4 Å². The van der Waals surface area contributed by atoms with Crippen LogP contribution >= 0.6 is 0 Å². The van der Waals surface area contributed by atoms with E-state index in [0.717, 1.165) is 32.2 Å². The topological polar surface area (TPSA) is 49.4 Å². The molecule has 1 aliphatic heterocycles. The third-order valence-corrected chi connectivity index (χ3v) is 5.36. The lowest BCUT2D eigenvalue weighted by Crippen LogP contribution is -2.66. The van der Waals surface area contributed by atoms with Crippen molar-refractivity contribution in [1.82, 2.24) is 10.2 Å². The summed E-state index contributed by atoms with van der Waals surface area (Å²) in [4.78, 5) is 26.5. The van der Waals surface area contributed by atoms with Crippen molar-refractivity contribution in [3.8, 4) is 0 Å². The molecule has 19 heavy (non-hydrogen) atoms. The van der Waals surface area contributed by atoms with Crippen LogP contribution in [0.25, 0.3) is 0 Å². The molecule has 3 fully saturated rings. The van der Waals surface area contributed by atoms with Gasteiger partial charge in [-0.25, -0.2) is 0 Å². The molecule has 2 unspecified atom stereocenters. The van der Waals surface area contributed by atoms with Crippen LogP contribution in [0.1, 0.15) is 51.9 Å². The zero-order valence-corrected chi connectivity index (χ0v) is 11.8. The summed E-state index contributed by atoms with van der Waals surface area (Å²) in [5.41, 5.74) is -0.544. The van der Waals surface area contributed by atoms with Crippen LogP contribution in [0.4, 0.5) is 0 Å².